The molecule has 1 aliphatic rings. The van der Waals surface area contributed by atoms with E-state index in [0.29, 0.717) is 0 Å². The van der Waals surface area contributed by atoms with Crippen molar-refractivity contribution >= 4 is 17.0 Å². The van der Waals surface area contributed by atoms with Crippen LogP contribution in [0, 0.1) is 11.8 Å². The number of aromatic nitrogens is 3. The number of rotatable bonds is 4. The fraction of sp³-hybridized carbons (Fsp3) is 0.588. The standard InChI is InChI=1S/C17H24N4/c1-13(2)3-4-14-7-11-21(12-8-14)16-6-5-15-17(20-16)19-10-9-18-15/h5-6,9-10,13-14H,3-4,7-8,11-12H2,1-2H3. The number of hydrogen-bond donors (Lipinski definition) is 0. The molecular formula is C17H24N4. The summed E-state index contributed by atoms with van der Waals surface area (Å²) < 4.78 is 0. The molecule has 0 aromatic carbocycles. The van der Waals surface area contributed by atoms with Gasteiger partial charge in [-0.2, -0.15) is 0 Å². The molecule has 0 bridgehead atoms. The lowest BCUT2D eigenvalue weighted by atomic mass is 9.90. The van der Waals surface area contributed by atoms with Gasteiger partial charge < -0.3 is 4.90 Å². The van der Waals surface area contributed by atoms with E-state index < -0.39 is 0 Å². The first kappa shape index (κ1) is 14.2. The van der Waals surface area contributed by atoms with Crippen molar-refractivity contribution in [3.05, 3.63) is 24.5 Å². The number of nitrogens with zero attached hydrogens (tertiary/aromatic N) is 4. The molecule has 0 radical (unpaired) electrons. The van der Waals surface area contributed by atoms with Gasteiger partial charge in [0.1, 0.15) is 11.3 Å². The smallest absolute Gasteiger partial charge is 0.180 e. The molecular weight excluding hydrogens is 260 g/mol. The molecule has 0 aliphatic carbocycles. The van der Waals surface area contributed by atoms with Gasteiger partial charge in [0.2, 0.25) is 0 Å². The zero-order valence-electron chi connectivity index (χ0n) is 13.0. The van der Waals surface area contributed by atoms with Crippen molar-refractivity contribution in [1.82, 2.24) is 15.0 Å². The van der Waals surface area contributed by atoms with Crippen LogP contribution in [-0.4, -0.2) is 28.0 Å². The van der Waals surface area contributed by atoms with Crippen molar-refractivity contribution < 1.29 is 0 Å². The first-order valence-electron chi connectivity index (χ1n) is 8.05. The van der Waals surface area contributed by atoms with Gasteiger partial charge in [-0.15, -0.1) is 0 Å². The van der Waals surface area contributed by atoms with Crippen LogP contribution in [0.25, 0.3) is 11.2 Å². The summed E-state index contributed by atoms with van der Waals surface area (Å²) in [6.07, 6.45) is 8.72. The Balaban J connectivity index is 1.62. The van der Waals surface area contributed by atoms with E-state index >= 15 is 0 Å². The molecule has 0 spiro atoms. The van der Waals surface area contributed by atoms with Gasteiger partial charge in [0.05, 0.1) is 0 Å². The minimum absolute atomic E-state index is 0.747. The molecule has 1 aliphatic heterocycles. The molecule has 4 nitrogen and oxygen atoms in total. The summed E-state index contributed by atoms with van der Waals surface area (Å²) >= 11 is 0. The third kappa shape index (κ3) is 3.49. The molecule has 0 N–H and O–H groups in total. The molecule has 21 heavy (non-hydrogen) atoms. The molecule has 3 rings (SSSR count). The highest BCUT2D eigenvalue weighted by Crippen LogP contribution is 2.26. The van der Waals surface area contributed by atoms with Crippen LogP contribution in [0.1, 0.15) is 39.5 Å². The van der Waals surface area contributed by atoms with Gasteiger partial charge in [-0.25, -0.2) is 9.97 Å². The van der Waals surface area contributed by atoms with Crippen LogP contribution in [0.2, 0.25) is 0 Å². The largest absolute Gasteiger partial charge is 0.357 e. The van der Waals surface area contributed by atoms with Gasteiger partial charge in [-0.1, -0.05) is 26.7 Å². The van der Waals surface area contributed by atoms with E-state index in [2.05, 4.69) is 39.8 Å². The normalized spacial score (nSPS) is 16.8. The molecule has 3 heterocycles. The molecule has 1 saturated heterocycles. The van der Waals surface area contributed by atoms with E-state index in [4.69, 9.17) is 0 Å². The van der Waals surface area contributed by atoms with E-state index in [0.717, 1.165) is 41.9 Å². The Labute approximate surface area is 126 Å². The lowest BCUT2D eigenvalue weighted by Crippen LogP contribution is -2.34. The fourth-order valence-corrected chi connectivity index (χ4v) is 3.04. The van der Waals surface area contributed by atoms with Crippen molar-refractivity contribution in [2.45, 2.75) is 39.5 Å². The molecule has 0 unspecified atom stereocenters. The highest BCUT2D eigenvalue weighted by atomic mass is 15.2. The van der Waals surface area contributed by atoms with E-state index in [1.165, 1.54) is 25.7 Å². The Bertz CT molecular complexity index is 588. The maximum Gasteiger partial charge on any atom is 0.180 e. The number of fused-ring (bicyclic) bond motifs is 1. The summed E-state index contributed by atoms with van der Waals surface area (Å²) in [5, 5.41) is 0. The summed E-state index contributed by atoms with van der Waals surface area (Å²) in [7, 11) is 0. The highest BCUT2D eigenvalue weighted by Gasteiger charge is 2.20. The third-order valence-corrected chi connectivity index (χ3v) is 4.41. The second-order valence-electron chi connectivity index (χ2n) is 6.47. The van der Waals surface area contributed by atoms with Crippen molar-refractivity contribution in [2.24, 2.45) is 11.8 Å². The molecule has 2 aromatic rings. The van der Waals surface area contributed by atoms with Gasteiger partial charge in [-0.05, 0) is 36.8 Å². The Morgan fingerprint density at radius 3 is 2.67 bits per heavy atom. The minimum Gasteiger partial charge on any atom is -0.357 e. The van der Waals surface area contributed by atoms with Crippen LogP contribution in [0.3, 0.4) is 0 Å². The number of hydrogen-bond acceptors (Lipinski definition) is 4. The van der Waals surface area contributed by atoms with Crippen LogP contribution in [0.5, 0.6) is 0 Å². The summed E-state index contributed by atoms with van der Waals surface area (Å²) in [4.78, 5) is 15.6. The average molecular weight is 284 g/mol. The molecule has 4 heteroatoms. The van der Waals surface area contributed by atoms with Crippen LogP contribution in [0.15, 0.2) is 24.5 Å². The maximum atomic E-state index is 4.65. The van der Waals surface area contributed by atoms with Crippen molar-refractivity contribution in [3.63, 3.8) is 0 Å². The zero-order valence-corrected chi connectivity index (χ0v) is 13.0. The lowest BCUT2D eigenvalue weighted by Gasteiger charge is -2.33. The Hall–Kier alpha value is -1.71. The average Bonchev–Trinajstić information content (AvgIpc) is 2.53. The summed E-state index contributed by atoms with van der Waals surface area (Å²) in [6.45, 7) is 6.85. The fourth-order valence-electron chi connectivity index (χ4n) is 3.04. The van der Waals surface area contributed by atoms with Crippen LogP contribution in [0.4, 0.5) is 5.82 Å². The van der Waals surface area contributed by atoms with Crippen molar-refractivity contribution in [3.8, 4) is 0 Å². The van der Waals surface area contributed by atoms with Crippen molar-refractivity contribution in [2.75, 3.05) is 18.0 Å². The van der Waals surface area contributed by atoms with Gasteiger partial charge in [-0.3, -0.25) is 4.98 Å². The number of piperidine rings is 1. The quantitative estimate of drug-likeness (QED) is 0.859. The van der Waals surface area contributed by atoms with Gasteiger partial charge in [0.25, 0.3) is 0 Å². The van der Waals surface area contributed by atoms with Gasteiger partial charge in [0.15, 0.2) is 5.65 Å². The second kappa shape index (κ2) is 6.37. The summed E-state index contributed by atoms with van der Waals surface area (Å²) in [5.74, 6) is 2.76. The van der Waals surface area contributed by atoms with Crippen LogP contribution in [-0.2, 0) is 0 Å². The predicted molar refractivity (Wildman–Crippen MR) is 86.3 cm³/mol. The molecule has 0 amide bonds. The lowest BCUT2D eigenvalue weighted by molar-refractivity contribution is 0.351. The summed E-state index contributed by atoms with van der Waals surface area (Å²) in [6, 6.07) is 4.10. The van der Waals surface area contributed by atoms with E-state index in [9.17, 15) is 0 Å². The Kier molecular flexibility index (Phi) is 4.32. The monoisotopic (exact) mass is 284 g/mol. The topological polar surface area (TPSA) is 41.9 Å². The minimum atomic E-state index is 0.747. The number of pyridine rings is 1. The SMILES string of the molecule is CC(C)CCC1CCN(c2ccc3nccnc3n2)CC1. The first-order chi connectivity index (χ1) is 10.2. The molecule has 112 valence electrons. The zero-order chi connectivity index (χ0) is 14.7. The van der Waals surface area contributed by atoms with Crippen LogP contribution < -0.4 is 4.90 Å². The van der Waals surface area contributed by atoms with E-state index in [1.54, 1.807) is 12.4 Å². The molecule has 0 atom stereocenters. The summed E-state index contributed by atoms with van der Waals surface area (Å²) in [5.41, 5.74) is 1.62. The molecule has 1 fully saturated rings. The molecule has 2 aromatic heterocycles. The highest BCUT2D eigenvalue weighted by molar-refractivity contribution is 5.71. The third-order valence-electron chi connectivity index (χ3n) is 4.41. The van der Waals surface area contributed by atoms with E-state index in [-0.39, 0.29) is 0 Å². The van der Waals surface area contributed by atoms with Crippen LogP contribution >= 0.6 is 0 Å². The second-order valence-corrected chi connectivity index (χ2v) is 6.47. The maximum absolute atomic E-state index is 4.65. The first-order valence-corrected chi connectivity index (χ1v) is 8.05. The van der Waals surface area contributed by atoms with Crippen molar-refractivity contribution in [1.29, 1.82) is 0 Å². The molecule has 0 saturated carbocycles. The number of anilines is 1. The Morgan fingerprint density at radius 1 is 1.14 bits per heavy atom. The van der Waals surface area contributed by atoms with Gasteiger partial charge >= 0.3 is 0 Å². The van der Waals surface area contributed by atoms with Gasteiger partial charge in [0, 0.05) is 25.5 Å². The predicted octanol–water partition coefficient (Wildman–Crippen LogP) is 3.68. The Morgan fingerprint density at radius 2 is 1.90 bits per heavy atom. The van der Waals surface area contributed by atoms with E-state index in [1.807, 2.05) is 6.07 Å².